The summed E-state index contributed by atoms with van der Waals surface area (Å²) in [5.74, 6) is -0.143. The van der Waals surface area contributed by atoms with E-state index >= 15 is 0 Å². The molecule has 2 aromatic carbocycles. The maximum atomic E-state index is 12.5. The molecular formula is C25H25N5O4. The van der Waals surface area contributed by atoms with Gasteiger partial charge in [-0.15, -0.1) is 0 Å². The number of hydrogen-bond donors (Lipinski definition) is 1. The van der Waals surface area contributed by atoms with Crippen LogP contribution in [-0.2, 0) is 21.0 Å². The second kappa shape index (κ2) is 11.1. The first-order valence-corrected chi connectivity index (χ1v) is 11.2. The van der Waals surface area contributed by atoms with Gasteiger partial charge in [-0.1, -0.05) is 54.4 Å². The normalized spacial score (nSPS) is 13.4. The summed E-state index contributed by atoms with van der Waals surface area (Å²) in [6.45, 7) is 0.760. The van der Waals surface area contributed by atoms with Crippen LogP contribution in [0.5, 0.6) is 0 Å². The predicted octanol–water partition coefficient (Wildman–Crippen LogP) is 6.12. The minimum Gasteiger partial charge on any atom is -0.434 e. The summed E-state index contributed by atoms with van der Waals surface area (Å²) in [6.07, 6.45) is 6.33. The molecule has 1 N–H and O–H groups in total. The Morgan fingerprint density at radius 1 is 1.06 bits per heavy atom. The van der Waals surface area contributed by atoms with Gasteiger partial charge < -0.3 is 19.4 Å². The molecule has 1 aromatic heterocycles. The smallest absolute Gasteiger partial charge is 0.434 e. The Kier molecular flexibility index (Phi) is 7.47. The number of carbonyl (C=O) groups is 2. The maximum Gasteiger partial charge on any atom is 0.510 e. The molecule has 1 aliphatic heterocycles. The number of amides is 1. The first kappa shape index (κ1) is 22.9. The molecule has 174 valence electrons. The molecule has 3 aromatic rings. The first-order chi connectivity index (χ1) is 16.7. The SMILES string of the molecule is [N-]=[N+]=NCCCCCCOC(=O)OCn1cc(/C=C2/C(=O)Nc3ccccc32)c2ccccc21. The van der Waals surface area contributed by atoms with E-state index in [2.05, 4.69) is 15.3 Å². The van der Waals surface area contributed by atoms with E-state index < -0.39 is 6.16 Å². The van der Waals surface area contributed by atoms with Crippen molar-refractivity contribution in [3.63, 3.8) is 0 Å². The molecule has 0 aliphatic carbocycles. The molecule has 1 aliphatic rings. The van der Waals surface area contributed by atoms with Gasteiger partial charge in [-0.3, -0.25) is 4.79 Å². The highest BCUT2D eigenvalue weighted by molar-refractivity contribution is 6.35. The molecular weight excluding hydrogens is 434 g/mol. The average Bonchev–Trinajstić information content (AvgIpc) is 3.37. The lowest BCUT2D eigenvalue weighted by atomic mass is 10.0. The summed E-state index contributed by atoms with van der Waals surface area (Å²) in [5, 5.41) is 7.32. The summed E-state index contributed by atoms with van der Waals surface area (Å²) in [5.41, 5.74) is 12.2. The minimum absolute atomic E-state index is 0.00251. The zero-order chi connectivity index (χ0) is 23.8. The average molecular weight is 460 g/mol. The van der Waals surface area contributed by atoms with Crippen LogP contribution in [0.15, 0.2) is 59.8 Å². The highest BCUT2D eigenvalue weighted by Crippen LogP contribution is 2.34. The lowest BCUT2D eigenvalue weighted by molar-refractivity contribution is -0.110. The van der Waals surface area contributed by atoms with Crippen LogP contribution >= 0.6 is 0 Å². The van der Waals surface area contributed by atoms with E-state index in [1.165, 1.54) is 0 Å². The fourth-order valence-electron chi connectivity index (χ4n) is 3.94. The number of fused-ring (bicyclic) bond motifs is 2. The number of anilines is 1. The number of rotatable bonds is 10. The van der Waals surface area contributed by atoms with Crippen molar-refractivity contribution in [3.8, 4) is 0 Å². The Morgan fingerprint density at radius 2 is 1.85 bits per heavy atom. The van der Waals surface area contributed by atoms with Gasteiger partial charge in [-0.2, -0.15) is 0 Å². The number of nitrogens with one attached hydrogen (secondary N) is 1. The molecule has 0 spiro atoms. The molecule has 2 heterocycles. The van der Waals surface area contributed by atoms with Crippen molar-refractivity contribution >= 4 is 40.3 Å². The number of unbranched alkanes of at least 4 members (excludes halogenated alkanes) is 3. The van der Waals surface area contributed by atoms with Crippen LogP contribution in [0.25, 0.3) is 33.0 Å². The minimum atomic E-state index is -0.726. The van der Waals surface area contributed by atoms with E-state index in [1.54, 1.807) is 0 Å². The molecule has 0 radical (unpaired) electrons. The highest BCUT2D eigenvalue weighted by Gasteiger charge is 2.24. The fraction of sp³-hybridized carbons (Fsp3) is 0.280. The molecule has 9 nitrogen and oxygen atoms in total. The van der Waals surface area contributed by atoms with Gasteiger partial charge in [-0.25, -0.2) is 4.79 Å². The standard InChI is InChI=1S/C25H25N5O4/c26-29-27-13-7-1-2-8-14-33-25(32)34-17-30-16-18(19-9-4-6-12-23(19)30)15-21-20-10-3-5-11-22(20)28-24(21)31/h3-6,9-12,15-16H,1-2,7-8,13-14,17H2,(H,28,31)/b21-15+. The van der Waals surface area contributed by atoms with E-state index in [1.807, 2.05) is 65.4 Å². The summed E-state index contributed by atoms with van der Waals surface area (Å²) in [6, 6.07) is 15.3. The molecule has 0 atom stereocenters. The number of ether oxygens (including phenoxy) is 2. The number of azide groups is 1. The number of para-hydroxylation sites is 2. The van der Waals surface area contributed by atoms with E-state index in [0.29, 0.717) is 12.1 Å². The van der Waals surface area contributed by atoms with Crippen LogP contribution in [0, 0.1) is 0 Å². The Morgan fingerprint density at radius 3 is 2.74 bits per heavy atom. The lowest BCUT2D eigenvalue weighted by Gasteiger charge is -2.08. The van der Waals surface area contributed by atoms with E-state index in [0.717, 1.165) is 53.4 Å². The second-order valence-corrected chi connectivity index (χ2v) is 7.87. The third-order valence-electron chi connectivity index (χ3n) is 5.59. The van der Waals surface area contributed by atoms with Crippen molar-refractivity contribution in [2.45, 2.75) is 32.4 Å². The van der Waals surface area contributed by atoms with Crippen LogP contribution in [0.1, 0.15) is 36.8 Å². The van der Waals surface area contributed by atoms with Gasteiger partial charge >= 0.3 is 6.16 Å². The lowest BCUT2D eigenvalue weighted by Crippen LogP contribution is -2.11. The van der Waals surface area contributed by atoms with Crippen molar-refractivity contribution in [1.29, 1.82) is 0 Å². The molecule has 9 heteroatoms. The summed E-state index contributed by atoms with van der Waals surface area (Å²) < 4.78 is 12.3. The summed E-state index contributed by atoms with van der Waals surface area (Å²) in [7, 11) is 0. The molecule has 0 unspecified atom stereocenters. The van der Waals surface area contributed by atoms with Crippen LogP contribution in [0.3, 0.4) is 0 Å². The molecule has 1 amide bonds. The highest BCUT2D eigenvalue weighted by atomic mass is 16.7. The Hall–Kier alpha value is -4.23. The number of hydrogen-bond acceptors (Lipinski definition) is 5. The van der Waals surface area contributed by atoms with Crippen molar-refractivity contribution in [2.75, 3.05) is 18.5 Å². The zero-order valence-electron chi connectivity index (χ0n) is 18.6. The largest absolute Gasteiger partial charge is 0.510 e. The number of nitrogens with zero attached hydrogens (tertiary/aromatic N) is 4. The van der Waals surface area contributed by atoms with Crippen molar-refractivity contribution in [3.05, 3.63) is 76.3 Å². The number of carbonyl (C=O) groups excluding carboxylic acids is 2. The van der Waals surface area contributed by atoms with Gasteiger partial charge in [0, 0.05) is 45.4 Å². The second-order valence-electron chi connectivity index (χ2n) is 7.87. The van der Waals surface area contributed by atoms with E-state index in [4.69, 9.17) is 15.0 Å². The quantitative estimate of drug-likeness (QED) is 0.0981. The Bertz CT molecular complexity index is 1270. The van der Waals surface area contributed by atoms with E-state index in [9.17, 15) is 9.59 Å². The Labute approximate surface area is 196 Å². The van der Waals surface area contributed by atoms with Crippen LogP contribution in [0.2, 0.25) is 0 Å². The third-order valence-corrected chi connectivity index (χ3v) is 5.59. The van der Waals surface area contributed by atoms with Gasteiger partial charge in [-0.05, 0) is 36.6 Å². The molecule has 34 heavy (non-hydrogen) atoms. The molecule has 4 rings (SSSR count). The van der Waals surface area contributed by atoms with Crippen molar-refractivity contribution in [2.24, 2.45) is 5.11 Å². The summed E-state index contributed by atoms with van der Waals surface area (Å²) >= 11 is 0. The monoisotopic (exact) mass is 459 g/mol. The van der Waals surface area contributed by atoms with Gasteiger partial charge in [0.2, 0.25) is 0 Å². The molecule has 0 bridgehead atoms. The number of aromatic nitrogens is 1. The van der Waals surface area contributed by atoms with Gasteiger partial charge in [0.05, 0.1) is 12.1 Å². The van der Waals surface area contributed by atoms with Crippen LogP contribution < -0.4 is 5.32 Å². The molecule has 0 saturated heterocycles. The van der Waals surface area contributed by atoms with Crippen LogP contribution in [-0.4, -0.2) is 29.8 Å². The summed E-state index contributed by atoms with van der Waals surface area (Å²) in [4.78, 5) is 27.2. The predicted molar refractivity (Wildman–Crippen MR) is 130 cm³/mol. The third kappa shape index (κ3) is 5.39. The van der Waals surface area contributed by atoms with Gasteiger partial charge in [0.1, 0.15) is 0 Å². The maximum absolute atomic E-state index is 12.5. The van der Waals surface area contributed by atoms with E-state index in [-0.39, 0.29) is 19.2 Å². The number of benzene rings is 2. The van der Waals surface area contributed by atoms with Crippen LogP contribution in [0.4, 0.5) is 10.5 Å². The topological polar surface area (TPSA) is 118 Å². The molecule has 0 saturated carbocycles. The van der Waals surface area contributed by atoms with Gasteiger partial charge in [0.25, 0.3) is 5.91 Å². The zero-order valence-corrected chi connectivity index (χ0v) is 18.6. The first-order valence-electron chi connectivity index (χ1n) is 11.2. The fourth-order valence-corrected chi connectivity index (χ4v) is 3.94. The molecule has 0 fully saturated rings. The van der Waals surface area contributed by atoms with Crippen molar-refractivity contribution in [1.82, 2.24) is 4.57 Å². The Balaban J connectivity index is 1.38. The van der Waals surface area contributed by atoms with Crippen molar-refractivity contribution < 1.29 is 19.1 Å². The van der Waals surface area contributed by atoms with Gasteiger partial charge in [0.15, 0.2) is 6.73 Å².